The Morgan fingerprint density at radius 2 is 0.831 bits per heavy atom. The Kier molecular flexibility index (Phi) is 15.8. The molecule has 2 nitrogen and oxygen atoms in total. The molecule has 0 aliphatic heterocycles. The molecule has 0 aromatic heterocycles. The molecule has 0 aliphatic carbocycles. The summed E-state index contributed by atoms with van der Waals surface area (Å²) in [5.74, 6) is 0.921. The van der Waals surface area contributed by atoms with Crippen LogP contribution in [0, 0.1) is 20.8 Å². The van der Waals surface area contributed by atoms with Crippen molar-refractivity contribution in [2.24, 2.45) is 0 Å². The highest BCUT2D eigenvalue weighted by molar-refractivity contribution is 7.56. The lowest BCUT2D eigenvalue weighted by molar-refractivity contribution is 0.449. The molecule has 0 heterocycles. The van der Waals surface area contributed by atoms with Gasteiger partial charge < -0.3 is 10.2 Å². The SMILES string of the molecule is Cc1cc(C(C)(C)C)cc(Pc2c(C)cccc2CPc2ccccc2)c1O.Cc1cccc(CPc2ccccc2)c1Pc1cc(C(C)(C)C)cc(C(C)(C)C)c1O. The van der Waals surface area contributed by atoms with E-state index in [1.807, 2.05) is 6.92 Å². The molecule has 4 atom stereocenters. The Morgan fingerprint density at radius 3 is 1.24 bits per heavy atom. The van der Waals surface area contributed by atoms with Gasteiger partial charge in [-0.25, -0.2) is 0 Å². The zero-order valence-electron chi connectivity index (χ0n) is 37.4. The molecule has 59 heavy (non-hydrogen) atoms. The molecule has 310 valence electrons. The number of benzene rings is 6. The maximum atomic E-state index is 11.3. The minimum Gasteiger partial charge on any atom is -0.507 e. The molecule has 0 saturated heterocycles. The highest BCUT2D eigenvalue weighted by Gasteiger charge is 2.26. The maximum absolute atomic E-state index is 11.3. The summed E-state index contributed by atoms with van der Waals surface area (Å²) in [6, 6.07) is 43.4. The van der Waals surface area contributed by atoms with Crippen molar-refractivity contribution in [3.63, 3.8) is 0 Å². The van der Waals surface area contributed by atoms with Crippen LogP contribution in [0.3, 0.4) is 0 Å². The van der Waals surface area contributed by atoms with Crippen LogP contribution in [0.5, 0.6) is 11.5 Å². The van der Waals surface area contributed by atoms with Crippen molar-refractivity contribution < 1.29 is 10.2 Å². The number of phenols is 2. The zero-order valence-corrected chi connectivity index (χ0v) is 41.4. The number of aromatic hydroxyl groups is 2. The summed E-state index contributed by atoms with van der Waals surface area (Å²) in [5.41, 5.74) is 10.0. The third-order valence-electron chi connectivity index (χ3n) is 10.7. The Bertz CT molecular complexity index is 2330. The van der Waals surface area contributed by atoms with E-state index < -0.39 is 0 Å². The lowest BCUT2D eigenvalue weighted by atomic mass is 9.80. The third kappa shape index (κ3) is 12.8. The molecule has 0 spiro atoms. The molecule has 0 amide bonds. The molecule has 6 heteroatoms. The highest BCUT2D eigenvalue weighted by Crippen LogP contribution is 2.37. The van der Waals surface area contributed by atoms with Crippen LogP contribution in [0.15, 0.2) is 121 Å². The van der Waals surface area contributed by atoms with Crippen LogP contribution in [-0.2, 0) is 28.6 Å². The lowest BCUT2D eigenvalue weighted by Gasteiger charge is -2.28. The van der Waals surface area contributed by atoms with Gasteiger partial charge in [0.15, 0.2) is 0 Å². The van der Waals surface area contributed by atoms with E-state index in [0.29, 0.717) is 28.7 Å². The van der Waals surface area contributed by atoms with E-state index >= 15 is 0 Å². The summed E-state index contributed by atoms with van der Waals surface area (Å²) in [4.78, 5) is 0. The minimum atomic E-state index is -0.103. The van der Waals surface area contributed by atoms with E-state index in [4.69, 9.17) is 0 Å². The molecule has 0 radical (unpaired) electrons. The maximum Gasteiger partial charge on any atom is 0.127 e. The molecule has 4 unspecified atom stereocenters. The Balaban J connectivity index is 0.000000225. The molecule has 0 saturated carbocycles. The van der Waals surface area contributed by atoms with Crippen LogP contribution in [0.2, 0.25) is 0 Å². The van der Waals surface area contributed by atoms with Crippen LogP contribution in [0.1, 0.15) is 107 Å². The molecule has 6 rings (SSSR count). The fraction of sp³-hybridized carbons (Fsp3) is 0.321. The normalized spacial score (nSPS) is 12.7. The average Bonchev–Trinajstić information content (AvgIpc) is 3.17. The van der Waals surface area contributed by atoms with Crippen LogP contribution >= 0.6 is 34.3 Å². The predicted molar refractivity (Wildman–Crippen MR) is 271 cm³/mol. The average molecular weight is 859 g/mol. The van der Waals surface area contributed by atoms with Gasteiger partial charge in [0, 0.05) is 16.2 Å². The summed E-state index contributed by atoms with van der Waals surface area (Å²) < 4.78 is 0. The summed E-state index contributed by atoms with van der Waals surface area (Å²) in [5, 5.41) is 29.7. The molecular weight excluding hydrogens is 792 g/mol. The first-order chi connectivity index (χ1) is 27.7. The summed E-state index contributed by atoms with van der Waals surface area (Å²) in [6.45, 7) is 26.4. The molecular formula is C53H66O2P4. The van der Waals surface area contributed by atoms with E-state index in [9.17, 15) is 10.2 Å². The van der Waals surface area contributed by atoms with Crippen molar-refractivity contribution in [2.75, 3.05) is 0 Å². The van der Waals surface area contributed by atoms with E-state index in [2.05, 4.69) is 197 Å². The first kappa shape index (κ1) is 46.7. The lowest BCUT2D eigenvalue weighted by Crippen LogP contribution is -2.21. The molecule has 0 bridgehead atoms. The van der Waals surface area contributed by atoms with Crippen molar-refractivity contribution in [3.05, 3.63) is 166 Å². The number of hydrogen-bond acceptors (Lipinski definition) is 2. The monoisotopic (exact) mass is 858 g/mol. The van der Waals surface area contributed by atoms with Gasteiger partial charge in [-0.2, -0.15) is 0 Å². The predicted octanol–water partition coefficient (Wildman–Crippen LogP) is 11.9. The van der Waals surface area contributed by atoms with Crippen LogP contribution in [0.25, 0.3) is 0 Å². The summed E-state index contributed by atoms with van der Waals surface area (Å²) in [6.07, 6.45) is 2.09. The molecule has 6 aromatic carbocycles. The van der Waals surface area contributed by atoms with Gasteiger partial charge in [0.2, 0.25) is 0 Å². The van der Waals surface area contributed by atoms with Crippen molar-refractivity contribution in [2.45, 2.75) is 112 Å². The number of phenolic OH excluding ortho intramolecular Hbond substituents is 2. The van der Waals surface area contributed by atoms with Gasteiger partial charge in [0.05, 0.1) is 0 Å². The van der Waals surface area contributed by atoms with Crippen molar-refractivity contribution in [3.8, 4) is 11.5 Å². The van der Waals surface area contributed by atoms with Crippen LogP contribution < -0.4 is 31.8 Å². The number of rotatable bonds is 10. The fourth-order valence-corrected chi connectivity index (χ4v) is 12.3. The second kappa shape index (κ2) is 20.0. The van der Waals surface area contributed by atoms with Gasteiger partial charge >= 0.3 is 0 Å². The first-order valence-electron chi connectivity index (χ1n) is 20.7. The zero-order chi connectivity index (χ0) is 43.1. The second-order valence-corrected chi connectivity index (χ2v) is 23.9. The first-order valence-corrected chi connectivity index (χ1v) is 25.1. The van der Waals surface area contributed by atoms with Gasteiger partial charge in [-0.3, -0.25) is 0 Å². The summed E-state index contributed by atoms with van der Waals surface area (Å²) >= 11 is 0. The van der Waals surface area contributed by atoms with E-state index in [1.54, 1.807) is 0 Å². The van der Waals surface area contributed by atoms with Gasteiger partial charge in [-0.05, 0) is 122 Å². The third-order valence-corrected chi connectivity index (χ3v) is 16.5. The number of hydrogen-bond donors (Lipinski definition) is 2. The van der Waals surface area contributed by atoms with E-state index in [0.717, 1.165) is 51.2 Å². The highest BCUT2D eigenvalue weighted by atomic mass is 31.1. The minimum absolute atomic E-state index is 0.0379. The number of aryl methyl sites for hydroxylation is 3. The van der Waals surface area contributed by atoms with Crippen molar-refractivity contribution in [1.29, 1.82) is 0 Å². The van der Waals surface area contributed by atoms with Gasteiger partial charge in [0.25, 0.3) is 0 Å². The molecule has 0 fully saturated rings. The van der Waals surface area contributed by atoms with Gasteiger partial charge in [0.1, 0.15) is 11.5 Å². The molecule has 2 N–H and O–H groups in total. The smallest absolute Gasteiger partial charge is 0.127 e. The van der Waals surface area contributed by atoms with Crippen molar-refractivity contribution in [1.82, 2.24) is 0 Å². The van der Waals surface area contributed by atoms with Gasteiger partial charge in [-0.1, -0.05) is 206 Å². The Morgan fingerprint density at radius 1 is 0.424 bits per heavy atom. The molecule has 6 aromatic rings. The van der Waals surface area contributed by atoms with Gasteiger partial charge in [-0.15, -0.1) is 0 Å². The Hall–Kier alpha value is -3.36. The quantitative estimate of drug-likeness (QED) is 0.135. The fourth-order valence-electron chi connectivity index (χ4n) is 6.93. The topological polar surface area (TPSA) is 40.5 Å². The summed E-state index contributed by atoms with van der Waals surface area (Å²) in [7, 11) is 2.43. The second-order valence-electron chi connectivity index (χ2n) is 18.8. The Labute approximate surface area is 363 Å². The largest absolute Gasteiger partial charge is 0.507 e. The van der Waals surface area contributed by atoms with Crippen LogP contribution in [0.4, 0.5) is 0 Å². The van der Waals surface area contributed by atoms with Crippen LogP contribution in [-0.4, -0.2) is 10.2 Å². The molecule has 0 aliphatic rings. The van der Waals surface area contributed by atoms with E-state index in [1.165, 1.54) is 54.6 Å². The standard InChI is InChI=1S/C28H36OP2.C25H30OP2/c1-19-12-11-13-20(18-30-22-14-9-8-10-15-22)26(19)31-24-17-21(27(2,3)4)16-23(25(24)29)28(5,6)7;1-17-10-9-11-19(16-27-21-12-7-6-8-13-21)24(17)28-22-15-20(25(3,4)5)14-18(2)23(22)26/h8-17,29-31H,18H2,1-7H3;6-15,26-28H,16H2,1-5H3. The van der Waals surface area contributed by atoms with E-state index in [-0.39, 0.29) is 16.2 Å². The van der Waals surface area contributed by atoms with Crippen molar-refractivity contribution >= 4 is 66.2 Å².